The summed E-state index contributed by atoms with van der Waals surface area (Å²) in [6.07, 6.45) is 1.99. The lowest BCUT2D eigenvalue weighted by Gasteiger charge is -2.36. The number of methoxy groups -OCH3 is 1. The molecule has 4 aromatic rings. The Morgan fingerprint density at radius 2 is 2.08 bits per heavy atom. The molecular formula is C22H22ClFN10O3. The average Bonchev–Trinajstić information content (AvgIpc) is 3.26. The summed E-state index contributed by atoms with van der Waals surface area (Å²) in [6.45, 7) is 1.73. The number of fused-ring (bicyclic) bond motifs is 1. The van der Waals surface area contributed by atoms with E-state index < -0.39 is 17.4 Å². The molecule has 37 heavy (non-hydrogen) atoms. The summed E-state index contributed by atoms with van der Waals surface area (Å²) in [6, 6.07) is 1.42. The zero-order chi connectivity index (χ0) is 26.4. The Bertz CT molecular complexity index is 1580. The third-order valence-corrected chi connectivity index (χ3v) is 6.66. The first kappa shape index (κ1) is 24.5. The SMILES string of the molecule is COC(=O)C1CC(n2c(C(C)Nc3ncnc(N)c3-c3nnn(C)n3)nc3c(F)ccc(Cl)c3c2=O)C1. The molecule has 1 aromatic carbocycles. The summed E-state index contributed by atoms with van der Waals surface area (Å²) < 4.78 is 21.1. The van der Waals surface area contributed by atoms with E-state index in [0.717, 1.165) is 6.07 Å². The zero-order valence-electron chi connectivity index (χ0n) is 20.0. The van der Waals surface area contributed by atoms with Gasteiger partial charge in [0.05, 0.1) is 36.5 Å². The van der Waals surface area contributed by atoms with Crippen LogP contribution in [-0.2, 0) is 16.6 Å². The molecule has 13 nitrogen and oxygen atoms in total. The summed E-state index contributed by atoms with van der Waals surface area (Å²) in [7, 11) is 2.92. The minimum Gasteiger partial charge on any atom is -0.469 e. The molecule has 1 fully saturated rings. The summed E-state index contributed by atoms with van der Waals surface area (Å²) in [5.74, 6) is -0.603. The Kier molecular flexibility index (Phi) is 6.19. The molecule has 192 valence electrons. The first-order valence-electron chi connectivity index (χ1n) is 11.3. The number of nitrogens with two attached hydrogens (primary N) is 1. The molecule has 5 rings (SSSR count). The van der Waals surface area contributed by atoms with E-state index >= 15 is 0 Å². The van der Waals surface area contributed by atoms with Crippen LogP contribution in [0.4, 0.5) is 16.0 Å². The van der Waals surface area contributed by atoms with Crippen molar-refractivity contribution < 1.29 is 13.9 Å². The summed E-state index contributed by atoms with van der Waals surface area (Å²) >= 11 is 6.28. The molecule has 1 saturated carbocycles. The van der Waals surface area contributed by atoms with Gasteiger partial charge < -0.3 is 15.8 Å². The molecular weight excluding hydrogens is 507 g/mol. The molecule has 1 unspecified atom stereocenters. The van der Waals surface area contributed by atoms with E-state index in [9.17, 15) is 14.0 Å². The standard InChI is InChI=1S/C22H22ClFN10O3/c1-9(28-18-15(17(25)26-8-27-18)19-30-32-33(2)31-19)20-29-16-13(24)5-4-12(23)14(16)21(35)34(20)11-6-10(7-11)22(36)37-3/h4-5,8-11H,6-7H2,1-3H3,(H3,25,26,27,28). The largest absolute Gasteiger partial charge is 0.469 e. The van der Waals surface area contributed by atoms with Crippen molar-refractivity contribution in [3.63, 3.8) is 0 Å². The van der Waals surface area contributed by atoms with Gasteiger partial charge in [-0.2, -0.15) is 4.80 Å². The van der Waals surface area contributed by atoms with E-state index in [4.69, 9.17) is 22.1 Å². The van der Waals surface area contributed by atoms with Crippen molar-refractivity contribution >= 4 is 40.1 Å². The van der Waals surface area contributed by atoms with Gasteiger partial charge in [-0.05, 0) is 37.1 Å². The summed E-state index contributed by atoms with van der Waals surface area (Å²) in [5.41, 5.74) is 5.73. The molecule has 0 spiro atoms. The number of halogens is 2. The van der Waals surface area contributed by atoms with Gasteiger partial charge in [0.1, 0.15) is 40.7 Å². The maximum atomic E-state index is 14.8. The molecule has 15 heteroatoms. The molecule has 0 radical (unpaired) electrons. The number of ether oxygens (including phenoxy) is 1. The number of anilines is 2. The number of hydrogen-bond acceptors (Lipinski definition) is 11. The Balaban J connectivity index is 1.61. The van der Waals surface area contributed by atoms with Crippen LogP contribution in [-0.4, -0.2) is 52.8 Å². The quantitative estimate of drug-likeness (QED) is 0.351. The number of benzene rings is 1. The van der Waals surface area contributed by atoms with Crippen LogP contribution in [0, 0.1) is 11.7 Å². The second-order valence-corrected chi connectivity index (χ2v) is 9.10. The van der Waals surface area contributed by atoms with Crippen molar-refractivity contribution in [1.29, 1.82) is 0 Å². The van der Waals surface area contributed by atoms with Crippen LogP contribution in [0.25, 0.3) is 22.3 Å². The maximum absolute atomic E-state index is 14.8. The van der Waals surface area contributed by atoms with E-state index in [0.29, 0.717) is 18.4 Å². The Labute approximate surface area is 213 Å². The number of tetrazole rings is 1. The number of nitrogens with one attached hydrogen (secondary N) is 1. The van der Waals surface area contributed by atoms with Crippen LogP contribution >= 0.6 is 11.6 Å². The predicted molar refractivity (Wildman–Crippen MR) is 131 cm³/mol. The normalized spacial score (nSPS) is 17.9. The van der Waals surface area contributed by atoms with Gasteiger partial charge >= 0.3 is 5.97 Å². The van der Waals surface area contributed by atoms with Gasteiger partial charge in [-0.3, -0.25) is 14.2 Å². The number of carbonyl (C=O) groups excluding carboxylic acids is 1. The van der Waals surface area contributed by atoms with E-state index in [2.05, 4.69) is 35.7 Å². The average molecular weight is 529 g/mol. The van der Waals surface area contributed by atoms with Gasteiger partial charge in [0.25, 0.3) is 5.56 Å². The molecule has 0 bridgehead atoms. The molecule has 1 aliphatic carbocycles. The molecule has 0 amide bonds. The Hall–Kier alpha value is -4.20. The number of nitrogens with zero attached hydrogens (tertiary/aromatic N) is 8. The lowest BCUT2D eigenvalue weighted by Crippen LogP contribution is -2.40. The van der Waals surface area contributed by atoms with Crippen molar-refractivity contribution in [2.24, 2.45) is 13.0 Å². The highest BCUT2D eigenvalue weighted by molar-refractivity contribution is 6.35. The van der Waals surface area contributed by atoms with Gasteiger partial charge in [-0.25, -0.2) is 19.3 Å². The molecule has 1 atom stereocenters. The highest BCUT2D eigenvalue weighted by atomic mass is 35.5. The lowest BCUT2D eigenvalue weighted by molar-refractivity contribution is -0.149. The highest BCUT2D eigenvalue weighted by Gasteiger charge is 2.39. The van der Waals surface area contributed by atoms with Crippen LogP contribution in [0.3, 0.4) is 0 Å². The second kappa shape index (κ2) is 9.35. The molecule has 0 aliphatic heterocycles. The van der Waals surface area contributed by atoms with Crippen LogP contribution < -0.4 is 16.6 Å². The molecule has 3 heterocycles. The van der Waals surface area contributed by atoms with Crippen molar-refractivity contribution in [1.82, 2.24) is 39.7 Å². The Morgan fingerprint density at radius 1 is 1.32 bits per heavy atom. The van der Waals surface area contributed by atoms with E-state index in [1.54, 1.807) is 14.0 Å². The molecule has 1 aliphatic rings. The van der Waals surface area contributed by atoms with Gasteiger partial charge in [-0.15, -0.1) is 10.2 Å². The van der Waals surface area contributed by atoms with Crippen molar-refractivity contribution in [3.8, 4) is 11.4 Å². The lowest BCUT2D eigenvalue weighted by atomic mass is 9.80. The zero-order valence-corrected chi connectivity index (χ0v) is 20.8. The van der Waals surface area contributed by atoms with Crippen molar-refractivity contribution in [2.75, 3.05) is 18.2 Å². The number of rotatable bonds is 6. The first-order chi connectivity index (χ1) is 17.7. The fraction of sp³-hybridized carbons (Fsp3) is 0.364. The fourth-order valence-electron chi connectivity index (χ4n) is 4.45. The minimum absolute atomic E-state index is 0.0325. The van der Waals surface area contributed by atoms with Crippen molar-refractivity contribution in [2.45, 2.75) is 31.8 Å². The number of aromatic nitrogens is 8. The molecule has 0 saturated heterocycles. The number of hydrogen-bond donors (Lipinski definition) is 2. The minimum atomic E-state index is -0.686. The van der Waals surface area contributed by atoms with Crippen LogP contribution in [0.5, 0.6) is 0 Å². The molecule has 3 aromatic heterocycles. The first-order valence-corrected chi connectivity index (χ1v) is 11.7. The topological polar surface area (TPSA) is 169 Å². The number of aryl methyl sites for hydroxylation is 1. The monoisotopic (exact) mass is 528 g/mol. The van der Waals surface area contributed by atoms with Crippen molar-refractivity contribution in [3.05, 3.63) is 45.5 Å². The third-order valence-electron chi connectivity index (χ3n) is 6.35. The van der Waals surface area contributed by atoms with Gasteiger partial charge in [0.2, 0.25) is 5.82 Å². The van der Waals surface area contributed by atoms with E-state index in [-0.39, 0.29) is 57.1 Å². The highest BCUT2D eigenvalue weighted by Crippen LogP contribution is 2.40. The Morgan fingerprint density at radius 3 is 2.76 bits per heavy atom. The predicted octanol–water partition coefficient (Wildman–Crippen LogP) is 2.05. The van der Waals surface area contributed by atoms with Gasteiger partial charge in [0, 0.05) is 6.04 Å². The maximum Gasteiger partial charge on any atom is 0.308 e. The number of nitrogen functional groups attached to an aromatic ring is 1. The van der Waals surface area contributed by atoms with Crippen LogP contribution in [0.15, 0.2) is 23.3 Å². The van der Waals surface area contributed by atoms with E-state index in [1.807, 2.05) is 0 Å². The van der Waals surface area contributed by atoms with E-state index in [1.165, 1.54) is 28.9 Å². The van der Waals surface area contributed by atoms with Crippen LogP contribution in [0.2, 0.25) is 5.02 Å². The fourth-order valence-corrected chi connectivity index (χ4v) is 4.68. The van der Waals surface area contributed by atoms with Gasteiger partial charge in [0.15, 0.2) is 0 Å². The van der Waals surface area contributed by atoms with Gasteiger partial charge in [-0.1, -0.05) is 11.6 Å². The summed E-state index contributed by atoms with van der Waals surface area (Å²) in [5, 5.41) is 15.2. The summed E-state index contributed by atoms with van der Waals surface area (Å²) in [4.78, 5) is 39.7. The second-order valence-electron chi connectivity index (χ2n) is 8.69. The van der Waals surface area contributed by atoms with Crippen LogP contribution in [0.1, 0.15) is 37.7 Å². The third kappa shape index (κ3) is 4.22. The number of esters is 1. The molecule has 3 N–H and O–H groups in total. The number of carbonyl (C=O) groups is 1. The smallest absolute Gasteiger partial charge is 0.308 e.